The molecule has 140 valence electrons. The number of benzene rings is 2. The predicted molar refractivity (Wildman–Crippen MR) is 101 cm³/mol. The van der Waals surface area contributed by atoms with E-state index in [4.69, 9.17) is 9.47 Å². The second kappa shape index (κ2) is 8.35. The minimum Gasteiger partial charge on any atom is -0.497 e. The van der Waals surface area contributed by atoms with Crippen LogP contribution in [0.1, 0.15) is 17.0 Å². The Morgan fingerprint density at radius 3 is 2.67 bits per heavy atom. The molecule has 0 spiro atoms. The van der Waals surface area contributed by atoms with Crippen LogP contribution in [0.3, 0.4) is 0 Å². The Kier molecular flexibility index (Phi) is 5.71. The van der Waals surface area contributed by atoms with Crippen molar-refractivity contribution in [3.63, 3.8) is 0 Å². The van der Waals surface area contributed by atoms with Crippen molar-refractivity contribution in [3.8, 4) is 11.5 Å². The van der Waals surface area contributed by atoms with E-state index in [0.29, 0.717) is 23.6 Å². The number of nitrogens with one attached hydrogen (secondary N) is 2. The number of hydrogen-bond acceptors (Lipinski definition) is 5. The number of carbonyl (C=O) groups is 2. The van der Waals surface area contributed by atoms with Crippen LogP contribution >= 0.6 is 0 Å². The highest BCUT2D eigenvalue weighted by Gasteiger charge is 2.40. The van der Waals surface area contributed by atoms with Crippen molar-refractivity contribution in [2.45, 2.75) is 5.92 Å². The molecule has 2 amide bonds. The largest absolute Gasteiger partial charge is 0.497 e. The smallest absolute Gasteiger partial charge is 0.253 e. The van der Waals surface area contributed by atoms with Crippen LogP contribution in [-0.4, -0.2) is 38.8 Å². The highest BCUT2D eigenvalue weighted by molar-refractivity contribution is 6.03. The Morgan fingerprint density at radius 2 is 1.96 bits per heavy atom. The summed E-state index contributed by atoms with van der Waals surface area (Å²) in [6.07, 6.45) is 1.46. The van der Waals surface area contributed by atoms with Gasteiger partial charge in [-0.15, -0.1) is 0 Å². The van der Waals surface area contributed by atoms with Crippen LogP contribution in [0.25, 0.3) is 0 Å². The Hall–Kier alpha value is -3.35. The van der Waals surface area contributed by atoms with Gasteiger partial charge in [-0.25, -0.2) is 5.43 Å². The van der Waals surface area contributed by atoms with Gasteiger partial charge < -0.3 is 14.8 Å². The first kappa shape index (κ1) is 18.4. The van der Waals surface area contributed by atoms with Crippen LogP contribution in [0.2, 0.25) is 0 Å². The molecule has 1 saturated heterocycles. The van der Waals surface area contributed by atoms with Gasteiger partial charge in [0.2, 0.25) is 5.91 Å². The van der Waals surface area contributed by atoms with Crippen molar-refractivity contribution >= 4 is 18.0 Å². The molecule has 7 nitrogen and oxygen atoms in total. The summed E-state index contributed by atoms with van der Waals surface area (Å²) < 4.78 is 10.5. The van der Waals surface area contributed by atoms with Gasteiger partial charge in [-0.2, -0.15) is 5.10 Å². The lowest BCUT2D eigenvalue weighted by molar-refractivity contribution is -0.133. The number of nitrogens with zero attached hydrogens (tertiary/aromatic N) is 1. The number of rotatable bonds is 6. The van der Waals surface area contributed by atoms with Gasteiger partial charge in [-0.3, -0.25) is 9.59 Å². The monoisotopic (exact) mass is 367 g/mol. The molecule has 2 unspecified atom stereocenters. The lowest BCUT2D eigenvalue weighted by atomic mass is 9.88. The summed E-state index contributed by atoms with van der Waals surface area (Å²) in [6.45, 7) is 0.425. The normalized spacial score (nSPS) is 19.0. The van der Waals surface area contributed by atoms with E-state index in [9.17, 15) is 9.59 Å². The van der Waals surface area contributed by atoms with E-state index in [0.717, 1.165) is 5.56 Å². The maximum Gasteiger partial charge on any atom is 0.253 e. The van der Waals surface area contributed by atoms with Crippen molar-refractivity contribution in [2.75, 3.05) is 20.8 Å². The van der Waals surface area contributed by atoms with Gasteiger partial charge >= 0.3 is 0 Å². The van der Waals surface area contributed by atoms with Crippen molar-refractivity contribution < 1.29 is 19.1 Å². The summed E-state index contributed by atoms with van der Waals surface area (Å²) in [5.41, 5.74) is 4.05. The molecular formula is C20H21N3O4. The summed E-state index contributed by atoms with van der Waals surface area (Å²) >= 11 is 0. The molecule has 2 aromatic rings. The van der Waals surface area contributed by atoms with Crippen LogP contribution in [0.4, 0.5) is 0 Å². The van der Waals surface area contributed by atoms with E-state index in [-0.39, 0.29) is 11.8 Å². The third-order valence-corrected chi connectivity index (χ3v) is 4.51. The van der Waals surface area contributed by atoms with Crippen molar-refractivity contribution in [1.82, 2.24) is 10.7 Å². The first-order valence-corrected chi connectivity index (χ1v) is 8.51. The first-order valence-electron chi connectivity index (χ1n) is 8.51. The van der Waals surface area contributed by atoms with E-state index in [2.05, 4.69) is 15.8 Å². The zero-order chi connectivity index (χ0) is 19.2. The molecule has 2 atom stereocenters. The number of hydrazone groups is 1. The van der Waals surface area contributed by atoms with E-state index < -0.39 is 11.8 Å². The van der Waals surface area contributed by atoms with E-state index in [1.165, 1.54) is 6.21 Å². The minimum atomic E-state index is -0.822. The Balaban J connectivity index is 1.73. The maximum absolute atomic E-state index is 12.6. The molecule has 1 heterocycles. The van der Waals surface area contributed by atoms with Gasteiger partial charge in [0.05, 0.1) is 20.4 Å². The van der Waals surface area contributed by atoms with E-state index in [1.807, 2.05) is 30.3 Å². The van der Waals surface area contributed by atoms with Gasteiger partial charge in [0.1, 0.15) is 17.4 Å². The number of amides is 2. The molecule has 27 heavy (non-hydrogen) atoms. The quantitative estimate of drug-likeness (QED) is 0.462. The summed E-state index contributed by atoms with van der Waals surface area (Å²) in [6, 6.07) is 14.8. The predicted octanol–water partition coefficient (Wildman–Crippen LogP) is 1.68. The van der Waals surface area contributed by atoms with Crippen LogP contribution in [-0.2, 0) is 9.59 Å². The van der Waals surface area contributed by atoms with E-state index in [1.54, 1.807) is 32.4 Å². The fourth-order valence-corrected chi connectivity index (χ4v) is 3.11. The molecule has 1 fully saturated rings. The second-order valence-corrected chi connectivity index (χ2v) is 6.08. The number of ether oxygens (including phenoxy) is 2. The summed E-state index contributed by atoms with van der Waals surface area (Å²) in [4.78, 5) is 24.7. The topological polar surface area (TPSA) is 89.0 Å². The molecule has 0 bridgehead atoms. The molecule has 1 aliphatic heterocycles. The number of methoxy groups -OCH3 is 2. The molecule has 3 rings (SSSR count). The van der Waals surface area contributed by atoms with Crippen molar-refractivity contribution in [3.05, 3.63) is 59.7 Å². The molecule has 7 heteroatoms. The highest BCUT2D eigenvalue weighted by atomic mass is 16.5. The molecular weight excluding hydrogens is 346 g/mol. The summed E-state index contributed by atoms with van der Waals surface area (Å²) in [5.74, 6) is -0.554. The van der Waals surface area contributed by atoms with Crippen molar-refractivity contribution in [1.29, 1.82) is 0 Å². The lowest BCUT2D eigenvalue weighted by Crippen LogP contribution is -2.34. The molecule has 0 saturated carbocycles. The fraction of sp³-hybridized carbons (Fsp3) is 0.250. The minimum absolute atomic E-state index is 0.222. The molecule has 1 aliphatic rings. The van der Waals surface area contributed by atoms with Gasteiger partial charge in [0.25, 0.3) is 5.91 Å². The van der Waals surface area contributed by atoms with Gasteiger partial charge in [-0.05, 0) is 23.8 Å². The van der Waals surface area contributed by atoms with Crippen LogP contribution in [0.5, 0.6) is 11.5 Å². The molecule has 0 radical (unpaired) electrons. The fourth-order valence-electron chi connectivity index (χ4n) is 3.11. The third kappa shape index (κ3) is 4.08. The maximum atomic E-state index is 12.6. The van der Waals surface area contributed by atoms with Crippen molar-refractivity contribution in [2.24, 2.45) is 11.0 Å². The Labute approximate surface area is 157 Å². The molecule has 0 aromatic heterocycles. The lowest BCUT2D eigenvalue weighted by Gasteiger charge is -2.15. The standard InChI is InChI=1S/C20H21N3O4/c1-26-15-8-9-17(27-2)14(10-15)11-22-23-20(25)18-16(12-21-19(18)24)13-6-4-3-5-7-13/h3-11,16,18H,12H2,1-2H3,(H,21,24)(H,23,25). The Morgan fingerprint density at radius 1 is 1.19 bits per heavy atom. The molecule has 2 aromatic carbocycles. The number of carbonyl (C=O) groups excluding carboxylic acids is 2. The molecule has 0 aliphatic carbocycles. The van der Waals surface area contributed by atoms with Gasteiger partial charge in [-0.1, -0.05) is 30.3 Å². The van der Waals surface area contributed by atoms with Gasteiger partial charge in [0.15, 0.2) is 0 Å². The van der Waals surface area contributed by atoms with Crippen LogP contribution in [0.15, 0.2) is 53.6 Å². The van der Waals surface area contributed by atoms with Crippen LogP contribution in [0, 0.1) is 5.92 Å². The summed E-state index contributed by atoms with van der Waals surface area (Å²) in [7, 11) is 3.11. The average molecular weight is 367 g/mol. The zero-order valence-corrected chi connectivity index (χ0v) is 15.1. The first-order chi connectivity index (χ1) is 13.1. The Bertz CT molecular complexity index is 852. The van der Waals surface area contributed by atoms with Gasteiger partial charge in [0, 0.05) is 18.0 Å². The highest BCUT2D eigenvalue weighted by Crippen LogP contribution is 2.29. The number of hydrogen-bond donors (Lipinski definition) is 2. The molecule has 2 N–H and O–H groups in total. The van der Waals surface area contributed by atoms with Crippen LogP contribution < -0.4 is 20.2 Å². The SMILES string of the molecule is COc1ccc(OC)c(C=NNC(=O)C2C(=O)NCC2c2ccccc2)c1. The average Bonchev–Trinajstić information content (AvgIpc) is 3.10. The zero-order valence-electron chi connectivity index (χ0n) is 15.1. The van der Waals surface area contributed by atoms with E-state index >= 15 is 0 Å². The second-order valence-electron chi connectivity index (χ2n) is 6.08. The summed E-state index contributed by atoms with van der Waals surface area (Å²) in [5, 5.41) is 6.74. The third-order valence-electron chi connectivity index (χ3n) is 4.51.